The maximum atomic E-state index is 13.4. The molecular formula is C34H54N8O11. The van der Waals surface area contributed by atoms with Crippen LogP contribution in [-0.4, -0.2) is 102 Å². The van der Waals surface area contributed by atoms with Gasteiger partial charge in [-0.1, -0.05) is 26.0 Å². The van der Waals surface area contributed by atoms with Gasteiger partial charge in [0.1, 0.15) is 29.8 Å². The molecule has 0 spiro atoms. The fraction of sp³-hybridized carbons (Fsp3) is 0.588. The van der Waals surface area contributed by atoms with Crippen molar-refractivity contribution in [3.05, 3.63) is 29.8 Å². The van der Waals surface area contributed by atoms with Crippen LogP contribution in [0.15, 0.2) is 24.3 Å². The number of aliphatic hydroxyl groups excluding tert-OH is 1. The number of nitrogens with two attached hydrogens (primary N) is 1. The molecule has 1 aromatic carbocycles. The number of benzene rings is 1. The normalized spacial score (nSPS) is 12.9. The smallest absolute Gasteiger partial charge is 0.408 e. The lowest BCUT2D eigenvalue weighted by molar-refractivity contribution is -0.165. The molecule has 3 atom stereocenters. The van der Waals surface area contributed by atoms with Crippen molar-refractivity contribution < 1.29 is 52.9 Å². The van der Waals surface area contributed by atoms with Crippen molar-refractivity contribution in [3.8, 4) is 0 Å². The molecule has 1 aromatic rings. The zero-order valence-corrected chi connectivity index (χ0v) is 31.5. The Morgan fingerprint density at radius 1 is 0.717 bits per heavy atom. The molecule has 19 heteroatoms. The third-order valence-corrected chi connectivity index (χ3v) is 6.68. The molecule has 10 N–H and O–H groups in total. The number of anilines is 1. The van der Waals surface area contributed by atoms with Gasteiger partial charge in [0.05, 0.1) is 13.1 Å². The molecule has 8 amide bonds. The molecule has 0 saturated carbocycles. The summed E-state index contributed by atoms with van der Waals surface area (Å²) in [5.74, 6) is -4.77. The Morgan fingerprint density at radius 2 is 1.25 bits per heavy atom. The quantitative estimate of drug-likeness (QED) is 0.0701. The van der Waals surface area contributed by atoms with Crippen LogP contribution in [0, 0.1) is 5.92 Å². The molecule has 0 bridgehead atoms. The molecule has 0 aliphatic carbocycles. The third kappa shape index (κ3) is 19.7. The Kier molecular flexibility index (Phi) is 18.2. The Balaban J connectivity index is 2.83. The molecule has 53 heavy (non-hydrogen) atoms. The van der Waals surface area contributed by atoms with Crippen LogP contribution < -0.4 is 43.0 Å². The van der Waals surface area contributed by atoms with E-state index >= 15 is 0 Å². The van der Waals surface area contributed by atoms with Gasteiger partial charge in [-0.25, -0.2) is 14.4 Å². The standard InChI is InChI=1S/C34H54N8O11/c1-19(2)26(42-25(45)18-38-23(43)16-37-24(44)17-39-32(51)53-34(6,7)8)29(48)41-22(10-9-15-36-31(35)50)28(47)40-21-13-11-20(12-14-21)27(46)30(49)52-33(3,4)5/h11-14,19,22,26-27,46H,9-10,15-18H2,1-8H3,(H,37,44)(H,38,43)(H,39,51)(H,40,47)(H,41,48)(H,42,45)(H3,35,36,50). The van der Waals surface area contributed by atoms with E-state index in [0.717, 1.165) is 0 Å². The van der Waals surface area contributed by atoms with Crippen molar-refractivity contribution in [2.75, 3.05) is 31.5 Å². The highest BCUT2D eigenvalue weighted by atomic mass is 16.6. The van der Waals surface area contributed by atoms with Crippen LogP contribution >= 0.6 is 0 Å². The number of esters is 1. The number of primary amides is 1. The highest BCUT2D eigenvalue weighted by Crippen LogP contribution is 2.21. The van der Waals surface area contributed by atoms with E-state index in [4.69, 9.17) is 15.2 Å². The Morgan fingerprint density at radius 3 is 1.75 bits per heavy atom. The maximum Gasteiger partial charge on any atom is 0.408 e. The Hall–Kier alpha value is -5.46. The van der Waals surface area contributed by atoms with Gasteiger partial charge in [0.2, 0.25) is 29.5 Å². The summed E-state index contributed by atoms with van der Waals surface area (Å²) in [6.45, 7) is 11.9. The van der Waals surface area contributed by atoms with E-state index < -0.39 is 103 Å². The highest BCUT2D eigenvalue weighted by Gasteiger charge is 2.29. The number of rotatable bonds is 18. The van der Waals surface area contributed by atoms with Crippen LogP contribution in [0.25, 0.3) is 0 Å². The molecule has 0 aromatic heterocycles. The zero-order valence-electron chi connectivity index (χ0n) is 31.5. The average molecular weight is 751 g/mol. The SMILES string of the molecule is CC(C)C(NC(=O)CNC(=O)CNC(=O)CNC(=O)OC(C)(C)C)C(=O)NC(CCCNC(N)=O)C(=O)Nc1ccc(C(O)C(=O)OC(C)(C)C)cc1. The number of urea groups is 1. The van der Waals surface area contributed by atoms with E-state index in [1.54, 1.807) is 55.4 Å². The van der Waals surface area contributed by atoms with Crippen LogP contribution in [0.2, 0.25) is 0 Å². The maximum absolute atomic E-state index is 13.4. The fourth-order valence-corrected chi connectivity index (χ4v) is 4.23. The molecule has 0 heterocycles. The number of ether oxygens (including phenoxy) is 2. The number of carbonyl (C=O) groups excluding carboxylic acids is 8. The monoisotopic (exact) mass is 750 g/mol. The van der Waals surface area contributed by atoms with E-state index in [9.17, 15) is 43.5 Å². The molecule has 0 aliphatic rings. The Bertz CT molecular complexity index is 1450. The summed E-state index contributed by atoms with van der Waals surface area (Å²) >= 11 is 0. The number of hydrogen-bond acceptors (Lipinski definition) is 11. The summed E-state index contributed by atoms with van der Waals surface area (Å²) < 4.78 is 10.2. The van der Waals surface area contributed by atoms with Crippen LogP contribution in [0.5, 0.6) is 0 Å². The minimum Gasteiger partial charge on any atom is -0.458 e. The largest absolute Gasteiger partial charge is 0.458 e. The molecule has 3 unspecified atom stereocenters. The zero-order chi connectivity index (χ0) is 40.5. The molecule has 296 valence electrons. The fourth-order valence-electron chi connectivity index (χ4n) is 4.23. The summed E-state index contributed by atoms with van der Waals surface area (Å²) in [5, 5.41) is 27.4. The number of aliphatic hydroxyl groups is 1. The van der Waals surface area contributed by atoms with Crippen LogP contribution in [0.1, 0.15) is 79.9 Å². The first-order valence-corrected chi connectivity index (χ1v) is 16.9. The molecule has 0 fully saturated rings. The van der Waals surface area contributed by atoms with E-state index in [0.29, 0.717) is 0 Å². The van der Waals surface area contributed by atoms with Gasteiger partial charge < -0.3 is 57.5 Å². The number of nitrogens with one attached hydrogen (secondary N) is 7. The minimum absolute atomic E-state index is 0.0567. The molecule has 0 saturated heterocycles. The van der Waals surface area contributed by atoms with E-state index in [1.807, 2.05) is 0 Å². The van der Waals surface area contributed by atoms with Gasteiger partial charge in [0, 0.05) is 12.2 Å². The molecule has 19 nitrogen and oxygen atoms in total. The third-order valence-electron chi connectivity index (χ3n) is 6.68. The van der Waals surface area contributed by atoms with Gasteiger partial charge in [-0.2, -0.15) is 0 Å². The van der Waals surface area contributed by atoms with Crippen molar-refractivity contribution in [3.63, 3.8) is 0 Å². The summed E-state index contributed by atoms with van der Waals surface area (Å²) in [5.41, 5.74) is 4.06. The van der Waals surface area contributed by atoms with Gasteiger partial charge in [-0.05, 0) is 78.0 Å². The van der Waals surface area contributed by atoms with E-state index in [-0.39, 0.29) is 30.6 Å². The number of alkyl carbamates (subject to hydrolysis) is 1. The number of hydrogen-bond donors (Lipinski definition) is 9. The lowest BCUT2D eigenvalue weighted by Gasteiger charge is -2.25. The lowest BCUT2D eigenvalue weighted by Crippen LogP contribution is -2.56. The number of amides is 8. The van der Waals surface area contributed by atoms with Gasteiger partial charge in [0.15, 0.2) is 6.10 Å². The van der Waals surface area contributed by atoms with E-state index in [2.05, 4.69) is 37.2 Å². The second kappa shape index (κ2) is 21.2. The molecule has 0 radical (unpaired) electrons. The predicted octanol–water partition coefficient (Wildman–Crippen LogP) is -0.169. The van der Waals surface area contributed by atoms with Crippen molar-refractivity contribution in [2.45, 2.75) is 97.6 Å². The van der Waals surface area contributed by atoms with Gasteiger partial charge in [0.25, 0.3) is 0 Å². The average Bonchev–Trinajstić information content (AvgIpc) is 3.03. The van der Waals surface area contributed by atoms with Crippen molar-refractivity contribution in [1.82, 2.24) is 31.9 Å². The van der Waals surface area contributed by atoms with Crippen molar-refractivity contribution in [1.29, 1.82) is 0 Å². The van der Waals surface area contributed by atoms with Crippen LogP contribution in [0.3, 0.4) is 0 Å². The minimum atomic E-state index is -1.55. The highest BCUT2D eigenvalue weighted by molar-refractivity contribution is 5.99. The first-order chi connectivity index (χ1) is 24.5. The van der Waals surface area contributed by atoms with Gasteiger partial charge in [-0.3, -0.25) is 24.0 Å². The van der Waals surface area contributed by atoms with Crippen molar-refractivity contribution >= 4 is 53.3 Å². The van der Waals surface area contributed by atoms with Gasteiger partial charge in [-0.15, -0.1) is 0 Å². The summed E-state index contributed by atoms with van der Waals surface area (Å²) in [4.78, 5) is 98.5. The molecule has 0 aliphatic heterocycles. The van der Waals surface area contributed by atoms with Crippen molar-refractivity contribution in [2.24, 2.45) is 11.7 Å². The second-order valence-corrected chi connectivity index (χ2v) is 14.2. The van der Waals surface area contributed by atoms with E-state index in [1.165, 1.54) is 24.3 Å². The summed E-state index contributed by atoms with van der Waals surface area (Å²) in [7, 11) is 0. The Labute approximate surface area is 308 Å². The number of carbonyl (C=O) groups is 8. The first-order valence-electron chi connectivity index (χ1n) is 16.9. The van der Waals surface area contributed by atoms with Crippen LogP contribution in [-0.2, 0) is 38.2 Å². The second-order valence-electron chi connectivity index (χ2n) is 14.2. The molecular weight excluding hydrogens is 696 g/mol. The van der Waals surface area contributed by atoms with Crippen LogP contribution in [0.4, 0.5) is 15.3 Å². The first kappa shape index (κ1) is 45.6. The molecule has 1 rings (SSSR count). The summed E-state index contributed by atoms with van der Waals surface area (Å²) in [6, 6.07) is 2.71. The van der Waals surface area contributed by atoms with Gasteiger partial charge >= 0.3 is 18.1 Å². The topological polar surface area (TPSA) is 285 Å². The predicted molar refractivity (Wildman–Crippen MR) is 192 cm³/mol. The lowest BCUT2D eigenvalue weighted by atomic mass is 10.0. The summed E-state index contributed by atoms with van der Waals surface area (Å²) in [6.07, 6.45) is -2.07.